The number of phenols is 2. The highest BCUT2D eigenvalue weighted by Crippen LogP contribution is 2.36. The Morgan fingerprint density at radius 3 is 2.17 bits per heavy atom. The Kier molecular flexibility index (Phi) is 6.63. The molecule has 0 aliphatic carbocycles. The molecule has 30 heavy (non-hydrogen) atoms. The van der Waals surface area contributed by atoms with Crippen molar-refractivity contribution in [3.8, 4) is 22.8 Å². The zero-order valence-electron chi connectivity index (χ0n) is 18.1. The second-order valence-corrected chi connectivity index (χ2v) is 8.69. The van der Waals surface area contributed by atoms with Gasteiger partial charge in [0.1, 0.15) is 11.5 Å². The summed E-state index contributed by atoms with van der Waals surface area (Å²) in [5.74, 6) is 0.586. The van der Waals surface area contributed by atoms with Crippen LogP contribution in [0.3, 0.4) is 0 Å². The van der Waals surface area contributed by atoms with Crippen molar-refractivity contribution in [2.45, 2.75) is 58.4 Å². The molecule has 4 rings (SSSR count). The van der Waals surface area contributed by atoms with E-state index >= 15 is 0 Å². The summed E-state index contributed by atoms with van der Waals surface area (Å²) in [7, 11) is 0. The first-order valence-electron chi connectivity index (χ1n) is 11.5. The molecule has 2 aromatic carbocycles. The smallest absolute Gasteiger partial charge is 0.116 e. The molecule has 0 atom stereocenters. The summed E-state index contributed by atoms with van der Waals surface area (Å²) in [5.41, 5.74) is 4.63. The van der Waals surface area contributed by atoms with Crippen molar-refractivity contribution in [1.29, 1.82) is 0 Å². The Morgan fingerprint density at radius 2 is 1.43 bits per heavy atom. The number of hydrogen-bond donors (Lipinski definition) is 2. The van der Waals surface area contributed by atoms with E-state index in [9.17, 15) is 10.2 Å². The number of phenolic OH excluding ortho intramolecular Hbond substituents is 2. The number of benzene rings is 2. The topological polar surface area (TPSA) is 48.6 Å². The van der Waals surface area contributed by atoms with E-state index < -0.39 is 0 Å². The van der Waals surface area contributed by atoms with Gasteiger partial charge in [0.15, 0.2) is 0 Å². The van der Waals surface area contributed by atoms with Crippen molar-refractivity contribution in [3.05, 3.63) is 48.0 Å². The predicted octanol–water partition coefficient (Wildman–Crippen LogP) is 6.07. The Balaban J connectivity index is 1.45. The van der Waals surface area contributed by atoms with E-state index in [0.29, 0.717) is 5.75 Å². The standard InChI is InChI=1S/C26H34N2O2/c1-20-24-19-23(30)13-14-25(24)28(26(20)21-9-11-22(29)12-10-21)18-8-3-2-5-15-27-16-6-4-7-17-27/h9-14,19,29-30H,2-8,15-18H2,1H3. The average Bonchev–Trinajstić information content (AvgIpc) is 3.03. The second-order valence-electron chi connectivity index (χ2n) is 8.69. The van der Waals surface area contributed by atoms with Crippen LogP contribution in [0.4, 0.5) is 0 Å². The molecule has 2 N–H and O–H groups in total. The van der Waals surface area contributed by atoms with Crippen LogP contribution < -0.4 is 0 Å². The maximum Gasteiger partial charge on any atom is 0.116 e. The lowest BCUT2D eigenvalue weighted by Gasteiger charge is -2.26. The number of nitrogens with zero attached hydrogens (tertiary/aromatic N) is 2. The van der Waals surface area contributed by atoms with E-state index in [1.54, 1.807) is 18.2 Å². The van der Waals surface area contributed by atoms with Gasteiger partial charge in [0.2, 0.25) is 0 Å². The van der Waals surface area contributed by atoms with Gasteiger partial charge in [0.05, 0.1) is 5.69 Å². The number of rotatable bonds is 8. The maximum absolute atomic E-state index is 10.00. The fourth-order valence-corrected chi connectivity index (χ4v) is 4.88. The molecule has 0 amide bonds. The molecule has 4 nitrogen and oxygen atoms in total. The van der Waals surface area contributed by atoms with Crippen LogP contribution in [0.25, 0.3) is 22.2 Å². The first-order chi connectivity index (χ1) is 14.6. The van der Waals surface area contributed by atoms with E-state index in [-0.39, 0.29) is 5.75 Å². The number of unbranched alkanes of at least 4 members (excludes halogenated alkanes) is 3. The Bertz CT molecular complexity index is 969. The van der Waals surface area contributed by atoms with Crippen LogP contribution in [0.2, 0.25) is 0 Å². The van der Waals surface area contributed by atoms with E-state index in [4.69, 9.17) is 0 Å². The second kappa shape index (κ2) is 9.57. The number of hydrogen-bond acceptors (Lipinski definition) is 3. The SMILES string of the molecule is Cc1c(-c2ccc(O)cc2)n(CCCCCCN2CCCCC2)c2ccc(O)cc12. The van der Waals surface area contributed by atoms with Gasteiger partial charge in [-0.2, -0.15) is 0 Å². The van der Waals surface area contributed by atoms with E-state index in [0.717, 1.165) is 23.9 Å². The monoisotopic (exact) mass is 406 g/mol. The van der Waals surface area contributed by atoms with Crippen LogP contribution in [-0.2, 0) is 6.54 Å². The Labute approximate surface area is 179 Å². The zero-order chi connectivity index (χ0) is 20.9. The minimum absolute atomic E-state index is 0.283. The molecule has 3 aromatic rings. The predicted molar refractivity (Wildman–Crippen MR) is 124 cm³/mol. The van der Waals surface area contributed by atoms with Gasteiger partial charge >= 0.3 is 0 Å². The minimum Gasteiger partial charge on any atom is -0.508 e. The minimum atomic E-state index is 0.283. The molecule has 0 saturated carbocycles. The first-order valence-corrected chi connectivity index (χ1v) is 11.5. The largest absolute Gasteiger partial charge is 0.508 e. The molecule has 1 fully saturated rings. The Morgan fingerprint density at radius 1 is 0.767 bits per heavy atom. The van der Waals surface area contributed by atoms with E-state index in [1.165, 1.54) is 74.9 Å². The molecule has 4 heteroatoms. The van der Waals surface area contributed by atoms with Gasteiger partial charge in [-0.05, 0) is 106 Å². The third kappa shape index (κ3) is 4.65. The van der Waals surface area contributed by atoms with Crippen molar-refractivity contribution in [1.82, 2.24) is 9.47 Å². The van der Waals surface area contributed by atoms with Crippen LogP contribution in [0.15, 0.2) is 42.5 Å². The lowest BCUT2D eigenvalue weighted by Crippen LogP contribution is -2.30. The van der Waals surface area contributed by atoms with Crippen molar-refractivity contribution in [2.24, 2.45) is 0 Å². The molecular formula is C26H34N2O2. The van der Waals surface area contributed by atoms with Gasteiger partial charge in [-0.25, -0.2) is 0 Å². The van der Waals surface area contributed by atoms with Crippen LogP contribution in [0.1, 0.15) is 50.5 Å². The summed E-state index contributed by atoms with van der Waals surface area (Å²) < 4.78 is 2.39. The normalized spacial score (nSPS) is 15.1. The molecule has 0 bridgehead atoms. The highest BCUT2D eigenvalue weighted by atomic mass is 16.3. The maximum atomic E-state index is 10.00. The molecule has 0 spiro atoms. The van der Waals surface area contributed by atoms with Crippen LogP contribution in [-0.4, -0.2) is 39.3 Å². The molecule has 1 aliphatic heterocycles. The van der Waals surface area contributed by atoms with Crippen molar-refractivity contribution < 1.29 is 10.2 Å². The number of likely N-dealkylation sites (tertiary alicyclic amines) is 1. The molecule has 1 aliphatic rings. The molecular weight excluding hydrogens is 372 g/mol. The third-order valence-electron chi connectivity index (χ3n) is 6.50. The highest BCUT2D eigenvalue weighted by molar-refractivity contribution is 5.92. The fourth-order valence-electron chi connectivity index (χ4n) is 4.88. The van der Waals surface area contributed by atoms with E-state index in [2.05, 4.69) is 16.4 Å². The van der Waals surface area contributed by atoms with Crippen LogP contribution in [0, 0.1) is 6.92 Å². The third-order valence-corrected chi connectivity index (χ3v) is 6.50. The molecule has 2 heterocycles. The van der Waals surface area contributed by atoms with Crippen molar-refractivity contribution >= 4 is 10.9 Å². The Hall–Kier alpha value is -2.46. The number of fused-ring (bicyclic) bond motifs is 1. The molecule has 1 saturated heterocycles. The summed E-state index contributed by atoms with van der Waals surface area (Å²) in [6.45, 7) is 6.92. The summed E-state index contributed by atoms with van der Waals surface area (Å²) in [6, 6.07) is 13.1. The summed E-state index contributed by atoms with van der Waals surface area (Å²) >= 11 is 0. The number of piperidine rings is 1. The summed E-state index contributed by atoms with van der Waals surface area (Å²) in [5, 5.41) is 20.8. The quantitative estimate of drug-likeness (QED) is 0.446. The van der Waals surface area contributed by atoms with Gasteiger partial charge in [-0.15, -0.1) is 0 Å². The molecule has 1 aromatic heterocycles. The van der Waals surface area contributed by atoms with Gasteiger partial charge in [-0.3, -0.25) is 0 Å². The van der Waals surface area contributed by atoms with Gasteiger partial charge in [0, 0.05) is 17.4 Å². The fraction of sp³-hybridized carbons (Fsp3) is 0.462. The lowest BCUT2D eigenvalue weighted by molar-refractivity contribution is 0.224. The lowest BCUT2D eigenvalue weighted by atomic mass is 10.1. The van der Waals surface area contributed by atoms with E-state index in [1.807, 2.05) is 24.3 Å². The zero-order valence-corrected chi connectivity index (χ0v) is 18.1. The van der Waals surface area contributed by atoms with Gasteiger partial charge in [-0.1, -0.05) is 19.3 Å². The number of aromatic nitrogens is 1. The number of aryl methyl sites for hydroxylation is 2. The molecule has 0 unspecified atom stereocenters. The summed E-state index contributed by atoms with van der Waals surface area (Å²) in [4.78, 5) is 2.63. The number of aromatic hydroxyl groups is 2. The highest BCUT2D eigenvalue weighted by Gasteiger charge is 2.16. The van der Waals surface area contributed by atoms with Crippen molar-refractivity contribution in [2.75, 3.05) is 19.6 Å². The van der Waals surface area contributed by atoms with Gasteiger partial charge < -0.3 is 19.7 Å². The van der Waals surface area contributed by atoms with Crippen LogP contribution >= 0.6 is 0 Å². The molecule has 160 valence electrons. The van der Waals surface area contributed by atoms with Crippen molar-refractivity contribution in [3.63, 3.8) is 0 Å². The van der Waals surface area contributed by atoms with Crippen LogP contribution in [0.5, 0.6) is 11.5 Å². The molecule has 0 radical (unpaired) electrons. The first kappa shape index (κ1) is 20.8. The summed E-state index contributed by atoms with van der Waals surface area (Å²) in [6.07, 6.45) is 9.11. The average molecular weight is 407 g/mol. The van der Waals surface area contributed by atoms with Gasteiger partial charge in [0.25, 0.3) is 0 Å².